The minimum absolute atomic E-state index is 0.0986. The van der Waals surface area contributed by atoms with Crippen molar-refractivity contribution in [3.8, 4) is 16.5 Å². The van der Waals surface area contributed by atoms with Crippen molar-refractivity contribution in [2.75, 3.05) is 33.4 Å². The van der Waals surface area contributed by atoms with Gasteiger partial charge in [0.05, 0.1) is 18.0 Å². The van der Waals surface area contributed by atoms with Crippen LogP contribution in [0.4, 0.5) is 8.78 Å². The predicted octanol–water partition coefficient (Wildman–Crippen LogP) is 4.08. The lowest BCUT2D eigenvalue weighted by Gasteiger charge is -2.49. The average Bonchev–Trinajstić information content (AvgIpc) is 3.19. The second-order valence-electron chi connectivity index (χ2n) is 9.54. The van der Waals surface area contributed by atoms with E-state index in [4.69, 9.17) is 4.74 Å². The Hall–Kier alpha value is -1.75. The summed E-state index contributed by atoms with van der Waals surface area (Å²) in [5.74, 6) is 0.202. The molecule has 0 aromatic carbocycles. The summed E-state index contributed by atoms with van der Waals surface area (Å²) in [4.78, 5) is 15.5. The molecule has 1 fully saturated rings. The van der Waals surface area contributed by atoms with Crippen molar-refractivity contribution in [1.29, 1.82) is 0 Å². The fourth-order valence-corrected chi connectivity index (χ4v) is 5.19. The van der Waals surface area contributed by atoms with Crippen LogP contribution in [-0.4, -0.2) is 65.0 Å². The van der Waals surface area contributed by atoms with Gasteiger partial charge in [0.25, 0.3) is 0 Å². The topological polar surface area (TPSA) is 80.6 Å². The van der Waals surface area contributed by atoms with Crippen LogP contribution in [0, 0.1) is 16.7 Å². The van der Waals surface area contributed by atoms with Gasteiger partial charge >= 0.3 is 6.61 Å². The number of halogens is 2. The zero-order valence-corrected chi connectivity index (χ0v) is 19.9. The molecule has 0 amide bonds. The smallest absolute Gasteiger partial charge is 0.388 e. The number of rotatable bonds is 9. The van der Waals surface area contributed by atoms with E-state index in [1.54, 1.807) is 13.3 Å². The van der Waals surface area contributed by atoms with Crippen molar-refractivity contribution < 1.29 is 23.4 Å². The lowest BCUT2D eigenvalue weighted by Crippen LogP contribution is -2.52. The van der Waals surface area contributed by atoms with E-state index >= 15 is 0 Å². The van der Waals surface area contributed by atoms with Crippen LogP contribution >= 0.6 is 11.3 Å². The van der Waals surface area contributed by atoms with Crippen LogP contribution in [0.1, 0.15) is 38.6 Å². The fraction of sp³-hybridized carbons (Fsp3) is 0.682. The van der Waals surface area contributed by atoms with Gasteiger partial charge in [-0.3, -0.25) is 4.90 Å². The number of nitrogens with zero attached hydrogens (tertiary/aromatic N) is 4. The van der Waals surface area contributed by atoms with Gasteiger partial charge in [0.1, 0.15) is 10.7 Å². The Morgan fingerprint density at radius 1 is 1.28 bits per heavy atom. The molecule has 0 bridgehead atoms. The molecule has 2 aromatic rings. The van der Waals surface area contributed by atoms with Gasteiger partial charge in [-0.2, -0.15) is 8.78 Å². The van der Waals surface area contributed by atoms with Crippen LogP contribution in [-0.2, 0) is 11.3 Å². The molecule has 1 aliphatic heterocycles. The molecule has 2 atom stereocenters. The standard InChI is InChI=1S/C22H32F2N4O3S/c1-21(2,3)15-9-22(14-29,5-8-30-4)13-28(11-15)12-17-27-10-16(32-17)18-19(31-20(23)24)26-7-6-25-18/h6-7,10,15,20,29H,5,8-9,11-14H2,1-4H3/t15-,22-/m1/s1. The third-order valence-corrected chi connectivity index (χ3v) is 7.11. The van der Waals surface area contributed by atoms with Gasteiger partial charge in [0.15, 0.2) is 0 Å². The molecule has 0 radical (unpaired) electrons. The maximum Gasteiger partial charge on any atom is 0.388 e. The maximum absolute atomic E-state index is 12.7. The van der Waals surface area contributed by atoms with E-state index in [1.165, 1.54) is 23.7 Å². The highest BCUT2D eigenvalue weighted by molar-refractivity contribution is 7.15. The molecule has 0 aliphatic carbocycles. The van der Waals surface area contributed by atoms with Gasteiger partial charge in [-0.05, 0) is 24.2 Å². The second-order valence-corrected chi connectivity index (χ2v) is 10.7. The first-order valence-electron chi connectivity index (χ1n) is 10.7. The number of aromatic nitrogens is 3. The van der Waals surface area contributed by atoms with E-state index in [0.29, 0.717) is 23.9 Å². The summed E-state index contributed by atoms with van der Waals surface area (Å²) in [5.41, 5.74) is 0.129. The van der Waals surface area contributed by atoms with Crippen LogP contribution in [0.15, 0.2) is 18.6 Å². The number of hydrogen-bond donors (Lipinski definition) is 1. The largest absolute Gasteiger partial charge is 0.415 e. The van der Waals surface area contributed by atoms with Crippen molar-refractivity contribution >= 4 is 11.3 Å². The minimum Gasteiger partial charge on any atom is -0.415 e. The number of alkyl halides is 2. The Labute approximate surface area is 191 Å². The molecule has 3 rings (SSSR count). The number of hydrogen-bond acceptors (Lipinski definition) is 8. The zero-order valence-electron chi connectivity index (χ0n) is 19.1. The first-order valence-corrected chi connectivity index (χ1v) is 11.5. The Balaban J connectivity index is 1.80. The van der Waals surface area contributed by atoms with Crippen LogP contribution in [0.2, 0.25) is 0 Å². The molecular formula is C22H32F2N4O3S. The van der Waals surface area contributed by atoms with E-state index in [0.717, 1.165) is 30.9 Å². The SMILES string of the molecule is COCC[C@@]1(CO)C[C@@H](C(C)(C)C)CN(Cc2ncc(-c3nccnc3OC(F)F)s2)C1. The van der Waals surface area contributed by atoms with Crippen molar-refractivity contribution in [3.63, 3.8) is 0 Å². The molecule has 1 N–H and O–H groups in total. The molecule has 3 heterocycles. The third kappa shape index (κ3) is 6.18. The zero-order chi connectivity index (χ0) is 23.4. The van der Waals surface area contributed by atoms with Crippen molar-refractivity contribution in [1.82, 2.24) is 19.9 Å². The molecule has 178 valence electrons. The van der Waals surface area contributed by atoms with Crippen LogP contribution < -0.4 is 4.74 Å². The number of aliphatic hydroxyl groups is 1. The van der Waals surface area contributed by atoms with Crippen molar-refractivity contribution in [2.45, 2.75) is 46.8 Å². The van der Waals surface area contributed by atoms with Crippen molar-refractivity contribution in [3.05, 3.63) is 23.6 Å². The van der Waals surface area contributed by atoms with Crippen LogP contribution in [0.3, 0.4) is 0 Å². The fourth-order valence-electron chi connectivity index (χ4n) is 4.25. The van der Waals surface area contributed by atoms with Crippen molar-refractivity contribution in [2.24, 2.45) is 16.7 Å². The lowest BCUT2D eigenvalue weighted by molar-refractivity contribution is -0.0526. The summed E-state index contributed by atoms with van der Waals surface area (Å²) in [6.45, 7) is 6.70. The molecular weight excluding hydrogens is 438 g/mol. The summed E-state index contributed by atoms with van der Waals surface area (Å²) in [5, 5.41) is 11.2. The first-order chi connectivity index (χ1) is 15.2. The highest BCUT2D eigenvalue weighted by atomic mass is 32.1. The normalized spacial score (nSPS) is 22.4. The number of ether oxygens (including phenoxy) is 2. The van der Waals surface area contributed by atoms with Gasteiger partial charge in [0.2, 0.25) is 5.88 Å². The van der Waals surface area contributed by atoms with Crippen LogP contribution in [0.5, 0.6) is 5.88 Å². The van der Waals surface area contributed by atoms with Gasteiger partial charge < -0.3 is 14.6 Å². The van der Waals surface area contributed by atoms with Gasteiger partial charge in [-0.25, -0.2) is 15.0 Å². The molecule has 2 aromatic heterocycles. The van der Waals surface area contributed by atoms with Gasteiger partial charge in [-0.15, -0.1) is 11.3 Å². The van der Waals surface area contributed by atoms with Crippen LogP contribution in [0.25, 0.3) is 10.6 Å². The number of aliphatic hydroxyl groups excluding tert-OH is 1. The van der Waals surface area contributed by atoms with E-state index in [9.17, 15) is 13.9 Å². The van der Waals surface area contributed by atoms with E-state index in [-0.39, 0.29) is 29.0 Å². The first kappa shape index (κ1) is 24.9. The summed E-state index contributed by atoms with van der Waals surface area (Å²) >= 11 is 1.39. The molecule has 0 unspecified atom stereocenters. The Morgan fingerprint density at radius 2 is 2.03 bits per heavy atom. The summed E-state index contributed by atoms with van der Waals surface area (Å²) in [6.07, 6.45) is 6.12. The third-order valence-electron chi connectivity index (χ3n) is 6.12. The second kappa shape index (κ2) is 10.5. The summed E-state index contributed by atoms with van der Waals surface area (Å²) < 4.78 is 35.3. The monoisotopic (exact) mass is 470 g/mol. The quantitative estimate of drug-likeness (QED) is 0.591. The highest BCUT2D eigenvalue weighted by Crippen LogP contribution is 2.43. The maximum atomic E-state index is 12.7. The number of methoxy groups -OCH3 is 1. The van der Waals surface area contributed by atoms with E-state index in [1.807, 2.05) is 0 Å². The molecule has 7 nitrogen and oxygen atoms in total. The summed E-state index contributed by atoms with van der Waals surface area (Å²) in [6, 6.07) is 0. The van der Waals surface area contributed by atoms with Gasteiger partial charge in [-0.1, -0.05) is 20.8 Å². The average molecular weight is 471 g/mol. The Bertz CT molecular complexity index is 877. The van der Waals surface area contributed by atoms with Gasteiger partial charge in [0, 0.05) is 50.8 Å². The number of piperidine rings is 1. The lowest BCUT2D eigenvalue weighted by atomic mass is 9.66. The Kier molecular flexibility index (Phi) is 8.13. The van der Waals surface area contributed by atoms with E-state index in [2.05, 4.69) is 45.4 Å². The molecule has 10 heteroatoms. The predicted molar refractivity (Wildman–Crippen MR) is 119 cm³/mol. The van der Waals surface area contributed by atoms with E-state index < -0.39 is 6.61 Å². The molecule has 1 aliphatic rings. The highest BCUT2D eigenvalue weighted by Gasteiger charge is 2.43. The number of likely N-dealkylation sites (tertiary alicyclic amines) is 1. The molecule has 1 saturated heterocycles. The summed E-state index contributed by atoms with van der Waals surface area (Å²) in [7, 11) is 1.68. The minimum atomic E-state index is -2.97. The molecule has 0 spiro atoms. The molecule has 0 saturated carbocycles. The Morgan fingerprint density at radius 3 is 2.69 bits per heavy atom. The number of thiazole rings is 1. The molecule has 32 heavy (non-hydrogen) atoms.